The van der Waals surface area contributed by atoms with E-state index in [9.17, 15) is 0 Å². The number of rotatable bonds is 0. The molecule has 0 unspecified atom stereocenters. The topological polar surface area (TPSA) is 0 Å². The molecule has 0 aliphatic heterocycles. The second-order valence-corrected chi connectivity index (χ2v) is 2.76. The summed E-state index contributed by atoms with van der Waals surface area (Å²) in [5.41, 5.74) is 0. The quantitative estimate of drug-likeness (QED) is 0.670. The van der Waals surface area contributed by atoms with Crippen molar-refractivity contribution in [2.75, 3.05) is 0 Å². The van der Waals surface area contributed by atoms with E-state index in [-0.39, 0.29) is 0 Å². The van der Waals surface area contributed by atoms with Gasteiger partial charge in [-0.1, -0.05) is 56.1 Å². The van der Waals surface area contributed by atoms with Crippen LogP contribution in [-0.4, -0.2) is 0 Å². The summed E-state index contributed by atoms with van der Waals surface area (Å²) in [4.78, 5) is 3.81. The smallest absolute Gasteiger partial charge is 0.0110 e. The lowest BCUT2D eigenvalue weighted by Crippen LogP contribution is -2.21. The van der Waals surface area contributed by atoms with Gasteiger partial charge in [0.1, 0.15) is 0 Å². The molecule has 10 heavy (non-hydrogen) atoms. The molecule has 0 radical (unpaired) electrons. The average molecular weight is 262 g/mol. The molecule has 0 bridgehead atoms. The van der Waals surface area contributed by atoms with E-state index in [1.165, 1.54) is 10.4 Å². The van der Waals surface area contributed by atoms with Crippen molar-refractivity contribution >= 4 is 41.8 Å². The Morgan fingerprint density at radius 1 is 0.900 bits per heavy atom. The lowest BCUT2D eigenvalue weighted by atomic mass is 10.3. The van der Waals surface area contributed by atoms with E-state index in [1.807, 2.05) is 34.2 Å². The Kier molecular flexibility index (Phi) is 3.16. The number of hydrogen-bond acceptors (Lipinski definition) is 0. The molecule has 0 N–H and O–H groups in total. The summed E-state index contributed by atoms with van der Waals surface area (Å²) in [6.45, 7) is 0. The third kappa shape index (κ3) is 1.70. The molecule has 0 aliphatic carbocycles. The first-order chi connectivity index (χ1) is 4.88. The molecule has 1 aromatic carbocycles. The summed E-state index contributed by atoms with van der Waals surface area (Å²) >= 11 is 6.57. The van der Waals surface area contributed by atoms with Crippen molar-refractivity contribution in [3.8, 4) is 0 Å². The van der Waals surface area contributed by atoms with Gasteiger partial charge in [-0.2, -0.15) is 0 Å². The molecule has 0 nitrogen and oxygen atoms in total. The maximum absolute atomic E-state index is 3.28. The van der Waals surface area contributed by atoms with Crippen molar-refractivity contribution in [1.82, 2.24) is 0 Å². The first-order valence-electron chi connectivity index (χ1n) is 2.84. The zero-order valence-electron chi connectivity index (χ0n) is 5.22. The highest BCUT2D eigenvalue weighted by atomic mass is 79.9. The average Bonchev–Trinajstić information content (AvgIpc) is 2.04. The molecular weight excluding hydrogens is 256 g/mol. The van der Waals surface area contributed by atoms with Gasteiger partial charge in [0.05, 0.1) is 0 Å². The number of halogens is 2. The largest absolute Gasteiger partial charge is 0.0616 e. The van der Waals surface area contributed by atoms with E-state index in [0.717, 1.165) is 0 Å². The molecule has 52 valence electrons. The third-order valence-electron chi connectivity index (χ3n) is 1.23. The Morgan fingerprint density at radius 3 is 1.60 bits per heavy atom. The van der Waals surface area contributed by atoms with E-state index in [1.54, 1.807) is 0 Å². The van der Waals surface area contributed by atoms with Crippen molar-refractivity contribution in [3.05, 3.63) is 34.7 Å². The van der Waals surface area contributed by atoms with Gasteiger partial charge < -0.3 is 0 Å². The maximum atomic E-state index is 3.28. The monoisotopic (exact) mass is 260 g/mol. The first-order valence-corrected chi connectivity index (χ1v) is 4.67. The lowest BCUT2D eigenvalue weighted by Gasteiger charge is -1.84. The van der Waals surface area contributed by atoms with Crippen LogP contribution in [0.1, 0.15) is 0 Å². The van der Waals surface area contributed by atoms with Crippen LogP contribution < -0.4 is 10.4 Å². The molecule has 0 atom stereocenters. The molecule has 0 heterocycles. The van der Waals surface area contributed by atoms with Gasteiger partial charge in [-0.15, -0.1) is 0 Å². The van der Waals surface area contributed by atoms with E-state index < -0.39 is 0 Å². The highest BCUT2D eigenvalue weighted by molar-refractivity contribution is 9.14. The maximum Gasteiger partial charge on any atom is -0.0110 e. The molecular formula is C8H6Br2. The Labute approximate surface area is 76.5 Å². The summed E-state index contributed by atoms with van der Waals surface area (Å²) in [5.74, 6) is 0. The van der Waals surface area contributed by atoms with Gasteiger partial charge in [-0.3, -0.25) is 0 Å². The minimum atomic E-state index is 1.18. The Bertz CT molecular complexity index is 281. The fourth-order valence-electron chi connectivity index (χ4n) is 0.710. The predicted octanol–water partition coefficient (Wildman–Crippen LogP) is 1.95. The second kappa shape index (κ2) is 3.94. The Balaban J connectivity index is 3.53. The van der Waals surface area contributed by atoms with Gasteiger partial charge in [0.2, 0.25) is 0 Å². The van der Waals surface area contributed by atoms with E-state index in [0.29, 0.717) is 0 Å². The second-order valence-electron chi connectivity index (χ2n) is 1.85. The van der Waals surface area contributed by atoms with Crippen LogP contribution in [-0.2, 0) is 0 Å². The van der Waals surface area contributed by atoms with Gasteiger partial charge in [0.25, 0.3) is 0 Å². The molecule has 0 saturated carbocycles. The van der Waals surface area contributed by atoms with E-state index in [4.69, 9.17) is 0 Å². The highest BCUT2D eigenvalue weighted by Crippen LogP contribution is 1.81. The van der Waals surface area contributed by atoms with Gasteiger partial charge in [0.15, 0.2) is 0 Å². The summed E-state index contributed by atoms with van der Waals surface area (Å²) < 4.78 is 0. The van der Waals surface area contributed by atoms with Crippen LogP contribution >= 0.6 is 31.9 Å². The number of benzene rings is 1. The molecule has 2 heteroatoms. The van der Waals surface area contributed by atoms with Crippen LogP contribution in [0.4, 0.5) is 0 Å². The van der Waals surface area contributed by atoms with Crippen molar-refractivity contribution in [3.63, 3.8) is 0 Å². The molecule has 1 rings (SSSR count). The van der Waals surface area contributed by atoms with Crippen molar-refractivity contribution in [1.29, 1.82) is 0 Å². The predicted molar refractivity (Wildman–Crippen MR) is 52.5 cm³/mol. The summed E-state index contributed by atoms with van der Waals surface area (Å²) in [5, 5.41) is 2.36. The van der Waals surface area contributed by atoms with E-state index >= 15 is 0 Å². The van der Waals surface area contributed by atoms with Gasteiger partial charge in [-0.25, -0.2) is 0 Å². The Morgan fingerprint density at radius 2 is 1.30 bits per heavy atom. The summed E-state index contributed by atoms with van der Waals surface area (Å²) in [6, 6.07) is 8.10. The minimum Gasteiger partial charge on any atom is -0.0616 e. The normalized spacial score (nSPS) is 14.2. The van der Waals surface area contributed by atoms with Crippen LogP contribution in [0.15, 0.2) is 24.3 Å². The fourth-order valence-corrected chi connectivity index (χ4v) is 1.54. The Hall–Kier alpha value is -0.0800. The highest BCUT2D eigenvalue weighted by Gasteiger charge is 1.78. The van der Waals surface area contributed by atoms with Crippen LogP contribution in [0.25, 0.3) is 9.97 Å². The molecule has 0 aliphatic rings. The van der Waals surface area contributed by atoms with Gasteiger partial charge >= 0.3 is 0 Å². The molecule has 0 saturated heterocycles. The van der Waals surface area contributed by atoms with Crippen molar-refractivity contribution < 1.29 is 0 Å². The van der Waals surface area contributed by atoms with E-state index in [2.05, 4.69) is 31.9 Å². The van der Waals surface area contributed by atoms with Crippen molar-refractivity contribution in [2.45, 2.75) is 0 Å². The summed E-state index contributed by atoms with van der Waals surface area (Å²) in [6.07, 6.45) is 0. The molecule has 0 fully saturated rings. The molecule has 1 aromatic rings. The SMILES string of the molecule is Br/C=c1/cccc/c1=C\Br. The lowest BCUT2D eigenvalue weighted by molar-refractivity contribution is 1.54. The minimum absolute atomic E-state index is 1.18. The summed E-state index contributed by atoms with van der Waals surface area (Å²) in [7, 11) is 0. The molecule has 0 amide bonds. The van der Waals surface area contributed by atoms with Gasteiger partial charge in [0, 0.05) is 0 Å². The zero-order valence-corrected chi connectivity index (χ0v) is 8.39. The van der Waals surface area contributed by atoms with Crippen LogP contribution in [0.5, 0.6) is 0 Å². The zero-order chi connectivity index (χ0) is 7.40. The van der Waals surface area contributed by atoms with Gasteiger partial charge in [-0.05, 0) is 20.4 Å². The van der Waals surface area contributed by atoms with Crippen LogP contribution in [0.2, 0.25) is 0 Å². The molecule has 0 spiro atoms. The molecule has 0 aromatic heterocycles. The first kappa shape index (κ1) is 8.02. The fraction of sp³-hybridized carbons (Fsp3) is 0. The third-order valence-corrected chi connectivity index (χ3v) is 2.22. The standard InChI is InChI=1S/C8H6Br2/c9-5-7-3-1-2-4-8(7)6-10/h1-6H/b7-5-,8-6+. The van der Waals surface area contributed by atoms with Crippen LogP contribution in [0.3, 0.4) is 0 Å². The number of hydrogen-bond donors (Lipinski definition) is 0. The van der Waals surface area contributed by atoms with Crippen LogP contribution in [0, 0.1) is 0 Å². The van der Waals surface area contributed by atoms with Crippen molar-refractivity contribution in [2.24, 2.45) is 0 Å².